The smallest absolute Gasteiger partial charge is 0.141 e. The van der Waals surface area contributed by atoms with Crippen molar-refractivity contribution >= 4 is 5.84 Å². The molecule has 0 saturated heterocycles. The van der Waals surface area contributed by atoms with Crippen LogP contribution in [0.5, 0.6) is 0 Å². The Bertz CT molecular complexity index is 170. The number of rotatable bonds is 7. The molecule has 0 saturated carbocycles. The number of ether oxygens (including phenoxy) is 1. The van der Waals surface area contributed by atoms with E-state index in [-0.39, 0.29) is 11.9 Å². The molecule has 0 radical (unpaired) electrons. The van der Waals surface area contributed by atoms with Gasteiger partial charge in [-0.3, -0.25) is 0 Å². The van der Waals surface area contributed by atoms with Gasteiger partial charge in [0.25, 0.3) is 0 Å². The Morgan fingerprint density at radius 1 is 1.43 bits per heavy atom. The second-order valence-electron chi connectivity index (χ2n) is 4.01. The second-order valence-corrected chi connectivity index (χ2v) is 4.01. The highest BCUT2D eigenvalue weighted by molar-refractivity contribution is 5.79. The molecule has 1 atom stereocenters. The molecule has 0 rings (SSSR count). The third kappa shape index (κ3) is 7.86. The van der Waals surface area contributed by atoms with Crippen molar-refractivity contribution in [3.05, 3.63) is 0 Å². The maximum Gasteiger partial charge on any atom is 0.141 e. The lowest BCUT2D eigenvalue weighted by molar-refractivity contribution is 0.0660. The molecule has 84 valence electrons. The first kappa shape index (κ1) is 13.2. The van der Waals surface area contributed by atoms with Crippen LogP contribution in [-0.4, -0.2) is 23.8 Å². The fourth-order valence-electron chi connectivity index (χ4n) is 1.17. The minimum Gasteiger partial charge on any atom is -0.409 e. The average Bonchev–Trinajstić information content (AvgIpc) is 2.12. The molecule has 0 aliphatic heterocycles. The molecule has 0 aromatic rings. The number of amidine groups is 1. The van der Waals surface area contributed by atoms with E-state index in [1.165, 1.54) is 6.42 Å². The van der Waals surface area contributed by atoms with Crippen molar-refractivity contribution in [2.45, 2.75) is 46.1 Å². The average molecular weight is 202 g/mol. The van der Waals surface area contributed by atoms with E-state index in [1.54, 1.807) is 0 Å². The van der Waals surface area contributed by atoms with Gasteiger partial charge in [0.05, 0.1) is 6.10 Å². The summed E-state index contributed by atoms with van der Waals surface area (Å²) >= 11 is 0. The van der Waals surface area contributed by atoms with E-state index in [0.29, 0.717) is 6.42 Å². The summed E-state index contributed by atoms with van der Waals surface area (Å²) in [5, 5.41) is 11.2. The lowest BCUT2D eigenvalue weighted by Gasteiger charge is -2.12. The molecule has 0 aromatic carbocycles. The van der Waals surface area contributed by atoms with Gasteiger partial charge in [-0.05, 0) is 25.7 Å². The van der Waals surface area contributed by atoms with Crippen LogP contribution in [0.25, 0.3) is 0 Å². The van der Waals surface area contributed by atoms with E-state index in [9.17, 15) is 0 Å². The summed E-state index contributed by atoms with van der Waals surface area (Å²) in [5.41, 5.74) is 5.35. The molecule has 0 aliphatic rings. The van der Waals surface area contributed by atoms with Crippen LogP contribution in [0.15, 0.2) is 5.16 Å². The Morgan fingerprint density at radius 2 is 2.07 bits per heavy atom. The quantitative estimate of drug-likeness (QED) is 0.218. The minimum absolute atomic E-state index is 0.0260. The van der Waals surface area contributed by atoms with E-state index >= 15 is 0 Å². The predicted molar refractivity (Wildman–Crippen MR) is 57.5 cm³/mol. The molecule has 4 heteroatoms. The van der Waals surface area contributed by atoms with Gasteiger partial charge in [0.15, 0.2) is 0 Å². The van der Waals surface area contributed by atoms with Crippen molar-refractivity contribution in [3.63, 3.8) is 0 Å². The summed E-state index contributed by atoms with van der Waals surface area (Å²) in [4.78, 5) is 0. The molecule has 0 aromatic heterocycles. The molecule has 4 nitrogen and oxygen atoms in total. The van der Waals surface area contributed by atoms with Crippen molar-refractivity contribution in [1.82, 2.24) is 0 Å². The first-order chi connectivity index (χ1) is 6.56. The largest absolute Gasteiger partial charge is 0.409 e. The summed E-state index contributed by atoms with van der Waals surface area (Å²) in [6.07, 6.45) is 2.75. The molecule has 0 fully saturated rings. The van der Waals surface area contributed by atoms with Crippen molar-refractivity contribution in [3.8, 4) is 0 Å². The van der Waals surface area contributed by atoms with Gasteiger partial charge in [0.1, 0.15) is 5.84 Å². The Hall–Kier alpha value is -0.770. The minimum atomic E-state index is 0.0260. The van der Waals surface area contributed by atoms with Crippen LogP contribution in [0.1, 0.15) is 40.0 Å². The number of nitrogens with zero attached hydrogens (tertiary/aromatic N) is 1. The maximum atomic E-state index is 8.34. The van der Waals surface area contributed by atoms with E-state index in [1.807, 2.05) is 6.92 Å². The van der Waals surface area contributed by atoms with Gasteiger partial charge < -0.3 is 15.7 Å². The fraction of sp³-hybridized carbons (Fsp3) is 0.900. The van der Waals surface area contributed by atoms with Gasteiger partial charge in [0, 0.05) is 13.0 Å². The molecule has 0 spiro atoms. The highest BCUT2D eigenvalue weighted by atomic mass is 16.5. The van der Waals surface area contributed by atoms with Crippen LogP contribution >= 0.6 is 0 Å². The zero-order valence-corrected chi connectivity index (χ0v) is 9.36. The van der Waals surface area contributed by atoms with Gasteiger partial charge in [-0.1, -0.05) is 19.0 Å². The normalized spacial score (nSPS) is 14.7. The topological polar surface area (TPSA) is 67.8 Å². The molecule has 0 heterocycles. The molecule has 0 bridgehead atoms. The zero-order valence-electron chi connectivity index (χ0n) is 9.36. The molecule has 1 unspecified atom stereocenters. The third-order valence-electron chi connectivity index (χ3n) is 1.95. The summed E-state index contributed by atoms with van der Waals surface area (Å²) in [6, 6.07) is 0. The highest BCUT2D eigenvalue weighted by Crippen LogP contribution is 2.05. The number of oxime groups is 1. The summed E-state index contributed by atoms with van der Waals surface area (Å²) in [5.74, 6) is 0.944. The number of hydrogen-bond acceptors (Lipinski definition) is 3. The third-order valence-corrected chi connectivity index (χ3v) is 1.95. The van der Waals surface area contributed by atoms with Crippen LogP contribution in [-0.2, 0) is 4.74 Å². The highest BCUT2D eigenvalue weighted by Gasteiger charge is 2.05. The van der Waals surface area contributed by atoms with Crippen molar-refractivity contribution in [1.29, 1.82) is 0 Å². The Morgan fingerprint density at radius 3 is 2.57 bits per heavy atom. The zero-order chi connectivity index (χ0) is 11.0. The standard InChI is InChI=1S/C10H22N2O2/c1-8(2)5-4-6-14-9(3)7-10(11)12-13/h8-9,13H,4-7H2,1-3H3,(H2,11,12). The SMILES string of the molecule is CC(C)CCCOC(C)CC(N)=NO. The van der Waals surface area contributed by atoms with Gasteiger partial charge >= 0.3 is 0 Å². The van der Waals surface area contributed by atoms with Gasteiger partial charge in [-0.2, -0.15) is 0 Å². The number of hydrogen-bond donors (Lipinski definition) is 2. The molecular weight excluding hydrogens is 180 g/mol. The fourth-order valence-corrected chi connectivity index (χ4v) is 1.17. The Kier molecular flexibility index (Phi) is 7.20. The molecule has 0 aliphatic carbocycles. The van der Waals surface area contributed by atoms with E-state index in [0.717, 1.165) is 18.9 Å². The van der Waals surface area contributed by atoms with Crippen molar-refractivity contribution < 1.29 is 9.94 Å². The van der Waals surface area contributed by atoms with Gasteiger partial charge in [-0.25, -0.2) is 0 Å². The monoisotopic (exact) mass is 202 g/mol. The van der Waals surface area contributed by atoms with Crippen LogP contribution < -0.4 is 5.73 Å². The molecule has 3 N–H and O–H groups in total. The second kappa shape index (κ2) is 7.62. The molecular formula is C10H22N2O2. The Labute approximate surface area is 86.1 Å². The molecule has 0 amide bonds. The molecule has 14 heavy (non-hydrogen) atoms. The van der Waals surface area contributed by atoms with Gasteiger partial charge in [0.2, 0.25) is 0 Å². The van der Waals surface area contributed by atoms with Crippen LogP contribution in [0.2, 0.25) is 0 Å². The maximum absolute atomic E-state index is 8.34. The summed E-state index contributed by atoms with van der Waals surface area (Å²) in [7, 11) is 0. The lowest BCUT2D eigenvalue weighted by atomic mass is 10.1. The first-order valence-electron chi connectivity index (χ1n) is 5.14. The van der Waals surface area contributed by atoms with Crippen LogP contribution in [0, 0.1) is 5.92 Å². The van der Waals surface area contributed by atoms with E-state index < -0.39 is 0 Å². The van der Waals surface area contributed by atoms with Crippen LogP contribution in [0.4, 0.5) is 0 Å². The summed E-state index contributed by atoms with van der Waals surface area (Å²) < 4.78 is 5.49. The van der Waals surface area contributed by atoms with Gasteiger partial charge in [-0.15, -0.1) is 0 Å². The lowest BCUT2D eigenvalue weighted by Crippen LogP contribution is -2.21. The predicted octanol–water partition coefficient (Wildman–Crippen LogP) is 1.96. The van der Waals surface area contributed by atoms with E-state index in [4.69, 9.17) is 15.7 Å². The summed E-state index contributed by atoms with van der Waals surface area (Å²) in [6.45, 7) is 7.06. The van der Waals surface area contributed by atoms with Crippen molar-refractivity contribution in [2.75, 3.05) is 6.61 Å². The first-order valence-corrected chi connectivity index (χ1v) is 5.14. The van der Waals surface area contributed by atoms with Crippen molar-refractivity contribution in [2.24, 2.45) is 16.8 Å². The van der Waals surface area contributed by atoms with E-state index in [2.05, 4.69) is 19.0 Å². The van der Waals surface area contributed by atoms with Crippen LogP contribution in [0.3, 0.4) is 0 Å². The Balaban J connectivity index is 3.40. The number of nitrogens with two attached hydrogens (primary N) is 1.